The molecule has 0 atom stereocenters. The zero-order valence-electron chi connectivity index (χ0n) is 13.6. The molecule has 1 heterocycles. The van der Waals surface area contributed by atoms with E-state index in [0.717, 1.165) is 15.7 Å². The largest absolute Gasteiger partial charge is 0.420 e. The molecule has 0 unspecified atom stereocenters. The normalized spacial score (nSPS) is 10.8. The molecule has 0 aliphatic rings. The van der Waals surface area contributed by atoms with E-state index in [1.54, 1.807) is 6.07 Å². The maximum atomic E-state index is 12.3. The molecular weight excluding hydrogens is 326 g/mol. The van der Waals surface area contributed by atoms with E-state index >= 15 is 0 Å². The Morgan fingerprint density at radius 1 is 1.24 bits per heavy atom. The second kappa shape index (κ2) is 6.23. The van der Waals surface area contributed by atoms with Crippen LogP contribution < -0.4 is 11.1 Å². The van der Waals surface area contributed by atoms with Crippen LogP contribution in [0.5, 0.6) is 0 Å². The molecule has 128 valence electrons. The number of aromatic nitrogens is 1. The number of rotatable bonds is 4. The fourth-order valence-electron chi connectivity index (χ4n) is 2.60. The van der Waals surface area contributed by atoms with E-state index in [1.807, 2.05) is 26.0 Å². The van der Waals surface area contributed by atoms with Gasteiger partial charge in [0.05, 0.1) is 10.4 Å². The lowest BCUT2D eigenvalue weighted by Gasteiger charge is -2.09. The van der Waals surface area contributed by atoms with Crippen molar-refractivity contribution in [2.75, 3.05) is 5.32 Å². The molecule has 0 radical (unpaired) electrons. The first-order valence-electron chi connectivity index (χ1n) is 7.50. The lowest BCUT2D eigenvalue weighted by molar-refractivity contribution is -0.384. The number of carbonyl (C=O) groups excluding carboxylic acids is 1. The van der Waals surface area contributed by atoms with Gasteiger partial charge in [0.25, 0.3) is 5.69 Å². The molecule has 0 saturated carbocycles. The molecule has 0 aliphatic heterocycles. The van der Waals surface area contributed by atoms with Crippen molar-refractivity contribution in [1.29, 1.82) is 0 Å². The molecule has 3 rings (SSSR count). The lowest BCUT2D eigenvalue weighted by Crippen LogP contribution is -2.25. The average molecular weight is 341 g/mol. The first-order valence-corrected chi connectivity index (χ1v) is 7.50. The second-order valence-corrected chi connectivity index (χ2v) is 5.73. The Morgan fingerprint density at radius 2 is 2.00 bits per heavy atom. The number of nitro benzene ring substituents is 1. The summed E-state index contributed by atoms with van der Waals surface area (Å²) in [7, 11) is 0. The number of anilines is 1. The number of amides is 1. The van der Waals surface area contributed by atoms with Crippen LogP contribution in [-0.4, -0.2) is 15.4 Å². The van der Waals surface area contributed by atoms with Crippen molar-refractivity contribution in [2.45, 2.75) is 20.4 Å². The number of hydrogen-bond donors (Lipinski definition) is 1. The van der Waals surface area contributed by atoms with E-state index in [-0.39, 0.29) is 23.3 Å². The van der Waals surface area contributed by atoms with Crippen molar-refractivity contribution in [3.05, 3.63) is 68.2 Å². The van der Waals surface area contributed by atoms with Gasteiger partial charge in [-0.25, -0.2) is 4.79 Å². The summed E-state index contributed by atoms with van der Waals surface area (Å²) in [4.78, 5) is 34.6. The van der Waals surface area contributed by atoms with E-state index in [2.05, 4.69) is 5.32 Å². The molecule has 25 heavy (non-hydrogen) atoms. The number of nitro groups is 1. The van der Waals surface area contributed by atoms with Crippen LogP contribution in [0.4, 0.5) is 11.4 Å². The molecule has 0 aliphatic carbocycles. The summed E-state index contributed by atoms with van der Waals surface area (Å²) < 4.78 is 6.10. The number of non-ortho nitro benzene ring substituents is 1. The molecule has 1 amide bonds. The highest BCUT2D eigenvalue weighted by Crippen LogP contribution is 2.20. The number of benzene rings is 2. The van der Waals surface area contributed by atoms with Gasteiger partial charge in [-0.05, 0) is 31.5 Å². The highest BCUT2D eigenvalue weighted by molar-refractivity contribution is 5.92. The SMILES string of the molecule is Cc1ccc(NC(=O)Cn2c(=O)oc3ccc([N+](=O)[O-])cc32)c(C)c1. The fraction of sp³-hybridized carbons (Fsp3) is 0.176. The number of aryl methyl sites for hydroxylation is 2. The van der Waals surface area contributed by atoms with Gasteiger partial charge >= 0.3 is 5.76 Å². The summed E-state index contributed by atoms with van der Waals surface area (Å²) in [6, 6.07) is 9.37. The van der Waals surface area contributed by atoms with Gasteiger partial charge in [-0.15, -0.1) is 0 Å². The Labute approximate surface area is 141 Å². The van der Waals surface area contributed by atoms with Gasteiger partial charge in [0.2, 0.25) is 5.91 Å². The van der Waals surface area contributed by atoms with Gasteiger partial charge in [0, 0.05) is 17.8 Å². The van der Waals surface area contributed by atoms with Crippen molar-refractivity contribution >= 4 is 28.4 Å². The van der Waals surface area contributed by atoms with Crippen LogP contribution >= 0.6 is 0 Å². The fourth-order valence-corrected chi connectivity index (χ4v) is 2.60. The van der Waals surface area contributed by atoms with Crippen LogP contribution in [0.1, 0.15) is 11.1 Å². The average Bonchev–Trinajstić information content (AvgIpc) is 2.85. The third-order valence-corrected chi connectivity index (χ3v) is 3.82. The Balaban J connectivity index is 1.90. The zero-order valence-corrected chi connectivity index (χ0v) is 13.6. The minimum absolute atomic E-state index is 0.183. The van der Waals surface area contributed by atoms with Crippen molar-refractivity contribution in [3.63, 3.8) is 0 Å². The topological polar surface area (TPSA) is 107 Å². The van der Waals surface area contributed by atoms with E-state index in [9.17, 15) is 19.7 Å². The molecule has 1 N–H and O–H groups in total. The van der Waals surface area contributed by atoms with Crippen LogP contribution in [0.2, 0.25) is 0 Å². The Bertz CT molecular complexity index is 1050. The molecule has 0 spiro atoms. The number of fused-ring (bicyclic) bond motifs is 1. The standard InChI is InChI=1S/C17H15N3O5/c1-10-3-5-13(11(2)7-10)18-16(21)9-19-14-8-12(20(23)24)4-6-15(14)25-17(19)22/h3-8H,9H2,1-2H3,(H,18,21). The molecule has 3 aromatic rings. The summed E-state index contributed by atoms with van der Waals surface area (Å²) in [5.74, 6) is -1.17. The molecule has 8 heteroatoms. The van der Waals surface area contributed by atoms with Crippen LogP contribution in [0.3, 0.4) is 0 Å². The Hall–Kier alpha value is -3.42. The van der Waals surface area contributed by atoms with Crippen molar-refractivity contribution in [3.8, 4) is 0 Å². The molecule has 1 aromatic heterocycles. The molecule has 0 fully saturated rings. The van der Waals surface area contributed by atoms with Gasteiger partial charge in [-0.1, -0.05) is 17.7 Å². The number of nitrogens with one attached hydrogen (secondary N) is 1. The molecule has 2 aromatic carbocycles. The Kier molecular flexibility index (Phi) is 4.10. The summed E-state index contributed by atoms with van der Waals surface area (Å²) in [5, 5.41) is 13.6. The van der Waals surface area contributed by atoms with Gasteiger partial charge in [-0.3, -0.25) is 19.5 Å². The molecule has 0 saturated heterocycles. The van der Waals surface area contributed by atoms with E-state index in [4.69, 9.17) is 4.42 Å². The smallest absolute Gasteiger partial charge is 0.408 e. The third kappa shape index (κ3) is 3.27. The lowest BCUT2D eigenvalue weighted by atomic mass is 10.1. The molecule has 8 nitrogen and oxygen atoms in total. The second-order valence-electron chi connectivity index (χ2n) is 5.73. The maximum absolute atomic E-state index is 12.3. The zero-order chi connectivity index (χ0) is 18.1. The summed E-state index contributed by atoms with van der Waals surface area (Å²) in [6.07, 6.45) is 0. The van der Waals surface area contributed by atoms with Crippen LogP contribution in [0.15, 0.2) is 45.6 Å². The van der Waals surface area contributed by atoms with Crippen molar-refractivity contribution < 1.29 is 14.1 Å². The highest BCUT2D eigenvalue weighted by atomic mass is 16.6. The van der Waals surface area contributed by atoms with Crippen LogP contribution in [0.25, 0.3) is 11.1 Å². The summed E-state index contributed by atoms with van der Waals surface area (Å²) in [5.41, 5.74) is 2.82. The quantitative estimate of drug-likeness (QED) is 0.580. The summed E-state index contributed by atoms with van der Waals surface area (Å²) in [6.45, 7) is 3.51. The third-order valence-electron chi connectivity index (χ3n) is 3.82. The van der Waals surface area contributed by atoms with E-state index in [0.29, 0.717) is 5.69 Å². The van der Waals surface area contributed by atoms with Crippen molar-refractivity contribution in [2.24, 2.45) is 0 Å². The first kappa shape index (κ1) is 16.4. The molecular formula is C17H15N3O5. The number of hydrogen-bond acceptors (Lipinski definition) is 5. The van der Waals surface area contributed by atoms with Crippen molar-refractivity contribution in [1.82, 2.24) is 4.57 Å². The monoisotopic (exact) mass is 341 g/mol. The van der Waals surface area contributed by atoms with Crippen LogP contribution in [-0.2, 0) is 11.3 Å². The Morgan fingerprint density at radius 3 is 2.68 bits per heavy atom. The van der Waals surface area contributed by atoms with Gasteiger partial charge in [-0.2, -0.15) is 0 Å². The van der Waals surface area contributed by atoms with E-state index < -0.39 is 16.6 Å². The number of oxazole rings is 1. The number of nitrogens with zero attached hydrogens (tertiary/aromatic N) is 2. The van der Waals surface area contributed by atoms with Gasteiger partial charge < -0.3 is 9.73 Å². The minimum atomic E-state index is -0.744. The number of carbonyl (C=O) groups is 1. The van der Waals surface area contributed by atoms with Crippen LogP contribution in [0, 0.1) is 24.0 Å². The maximum Gasteiger partial charge on any atom is 0.420 e. The predicted octanol–water partition coefficient (Wildman–Crippen LogP) is 2.76. The van der Waals surface area contributed by atoms with E-state index in [1.165, 1.54) is 18.2 Å². The summed E-state index contributed by atoms with van der Waals surface area (Å²) >= 11 is 0. The first-order chi connectivity index (χ1) is 11.8. The van der Waals surface area contributed by atoms with Gasteiger partial charge in [0.15, 0.2) is 5.58 Å². The predicted molar refractivity (Wildman–Crippen MR) is 91.7 cm³/mol. The van der Waals surface area contributed by atoms with Gasteiger partial charge in [0.1, 0.15) is 6.54 Å². The molecule has 0 bridgehead atoms. The minimum Gasteiger partial charge on any atom is -0.408 e. The highest BCUT2D eigenvalue weighted by Gasteiger charge is 2.16.